The normalized spacial score (nSPS) is 20.6. The number of carbonyl (C=O) groups is 2. The smallest absolute Gasteiger partial charge is 0.243 e. The molecule has 9 heteroatoms. The van der Waals surface area contributed by atoms with E-state index in [1.165, 1.54) is 4.31 Å². The number of carbonyl (C=O) groups excluding carboxylic acids is 2. The van der Waals surface area contributed by atoms with Crippen LogP contribution in [0.15, 0.2) is 58.0 Å². The van der Waals surface area contributed by atoms with E-state index in [9.17, 15) is 18.0 Å². The molecule has 0 aliphatic carbocycles. The van der Waals surface area contributed by atoms with Gasteiger partial charge in [0.2, 0.25) is 21.8 Å². The fourth-order valence-corrected chi connectivity index (χ4v) is 5.98. The Hall–Kier alpha value is -2.65. The number of rotatable bonds is 6. The number of hydrogen-bond acceptors (Lipinski definition) is 5. The fourth-order valence-electron chi connectivity index (χ4n) is 4.31. The minimum absolute atomic E-state index is 0.0438. The van der Waals surface area contributed by atoms with E-state index in [1.54, 1.807) is 53.6 Å². The highest BCUT2D eigenvalue weighted by atomic mass is 32.2. The summed E-state index contributed by atoms with van der Waals surface area (Å²) >= 11 is 0. The number of amides is 2. The Morgan fingerprint density at radius 1 is 1.00 bits per heavy atom. The Balaban J connectivity index is 1.34. The number of nitrogens with zero attached hydrogens (tertiary/aromatic N) is 2. The molecule has 1 atom stereocenters. The SMILES string of the molecule is O=C(NCc1ccco1)C1CCN(C(=O)C2CCCN2S(=O)(=O)c2ccccc2)CC1. The molecule has 3 heterocycles. The molecule has 1 N–H and O–H groups in total. The number of likely N-dealkylation sites (tertiary alicyclic amines) is 1. The van der Waals surface area contributed by atoms with E-state index < -0.39 is 16.1 Å². The third-order valence-corrected chi connectivity index (χ3v) is 7.96. The molecule has 0 radical (unpaired) electrons. The molecule has 2 aromatic rings. The molecule has 2 amide bonds. The third kappa shape index (κ3) is 4.67. The zero-order chi connectivity index (χ0) is 21.8. The predicted octanol–water partition coefficient (Wildman–Crippen LogP) is 1.99. The topological polar surface area (TPSA) is 99.9 Å². The second-order valence-corrected chi connectivity index (χ2v) is 9.87. The number of nitrogens with one attached hydrogen (secondary N) is 1. The number of furan rings is 1. The lowest BCUT2D eigenvalue weighted by molar-refractivity contribution is -0.138. The Morgan fingerprint density at radius 3 is 2.42 bits per heavy atom. The Bertz CT molecular complexity index is 999. The van der Waals surface area contributed by atoms with Crippen LogP contribution in [0.25, 0.3) is 0 Å². The molecular weight excluding hydrogens is 418 g/mol. The van der Waals surface area contributed by atoms with Crippen LogP contribution in [0, 0.1) is 5.92 Å². The second-order valence-electron chi connectivity index (χ2n) is 7.98. The summed E-state index contributed by atoms with van der Waals surface area (Å²) in [6.45, 7) is 1.60. The first-order valence-electron chi connectivity index (χ1n) is 10.6. The van der Waals surface area contributed by atoms with Crippen molar-refractivity contribution in [2.75, 3.05) is 19.6 Å². The van der Waals surface area contributed by atoms with E-state index >= 15 is 0 Å². The molecule has 2 aliphatic rings. The molecule has 2 saturated heterocycles. The molecule has 31 heavy (non-hydrogen) atoms. The van der Waals surface area contributed by atoms with Gasteiger partial charge >= 0.3 is 0 Å². The van der Waals surface area contributed by atoms with Crippen molar-refractivity contribution in [1.82, 2.24) is 14.5 Å². The van der Waals surface area contributed by atoms with Crippen LogP contribution in [0.5, 0.6) is 0 Å². The van der Waals surface area contributed by atoms with Crippen molar-refractivity contribution in [1.29, 1.82) is 0 Å². The molecule has 1 unspecified atom stereocenters. The van der Waals surface area contributed by atoms with Gasteiger partial charge in [0, 0.05) is 25.6 Å². The van der Waals surface area contributed by atoms with E-state index in [2.05, 4.69) is 5.32 Å². The molecule has 0 bridgehead atoms. The van der Waals surface area contributed by atoms with Crippen molar-refractivity contribution in [3.05, 3.63) is 54.5 Å². The number of hydrogen-bond donors (Lipinski definition) is 1. The summed E-state index contributed by atoms with van der Waals surface area (Å²) in [4.78, 5) is 27.5. The van der Waals surface area contributed by atoms with Crippen LogP contribution in [0.4, 0.5) is 0 Å². The van der Waals surface area contributed by atoms with E-state index in [0.29, 0.717) is 57.6 Å². The number of piperidine rings is 1. The van der Waals surface area contributed by atoms with Gasteiger partial charge in [-0.2, -0.15) is 4.31 Å². The van der Waals surface area contributed by atoms with Crippen molar-refractivity contribution in [3.8, 4) is 0 Å². The monoisotopic (exact) mass is 445 g/mol. The van der Waals surface area contributed by atoms with Gasteiger partial charge in [-0.05, 0) is 49.9 Å². The van der Waals surface area contributed by atoms with Gasteiger partial charge in [-0.15, -0.1) is 0 Å². The Labute approximate surface area is 182 Å². The molecule has 4 rings (SSSR count). The van der Waals surface area contributed by atoms with Crippen molar-refractivity contribution in [2.24, 2.45) is 5.92 Å². The standard InChI is InChI=1S/C22H27N3O5S/c26-21(23-16-18-6-5-15-30-18)17-10-13-24(14-11-17)22(27)20-9-4-12-25(20)31(28,29)19-7-2-1-3-8-19/h1-3,5-8,15,17,20H,4,9-14,16H2,(H,23,26). The van der Waals surface area contributed by atoms with Crippen LogP contribution in [0.2, 0.25) is 0 Å². The van der Waals surface area contributed by atoms with Crippen molar-refractivity contribution >= 4 is 21.8 Å². The van der Waals surface area contributed by atoms with Crippen LogP contribution < -0.4 is 5.32 Å². The van der Waals surface area contributed by atoms with E-state index in [1.807, 2.05) is 0 Å². The van der Waals surface area contributed by atoms with Crippen LogP contribution in [-0.4, -0.2) is 55.1 Å². The summed E-state index contributed by atoms with van der Waals surface area (Å²) < 4.78 is 32.6. The van der Waals surface area contributed by atoms with Crippen molar-refractivity contribution in [2.45, 2.75) is 43.2 Å². The first-order chi connectivity index (χ1) is 15.0. The van der Waals surface area contributed by atoms with E-state index in [-0.39, 0.29) is 22.6 Å². The molecule has 2 aliphatic heterocycles. The first-order valence-corrected chi connectivity index (χ1v) is 12.1. The molecule has 166 valence electrons. The lowest BCUT2D eigenvalue weighted by Crippen LogP contribution is -2.51. The van der Waals surface area contributed by atoms with Gasteiger partial charge in [0.25, 0.3) is 0 Å². The first kappa shape index (κ1) is 21.6. The Morgan fingerprint density at radius 2 is 1.74 bits per heavy atom. The van der Waals surface area contributed by atoms with E-state index in [4.69, 9.17) is 4.42 Å². The fraction of sp³-hybridized carbons (Fsp3) is 0.455. The average Bonchev–Trinajstić information content (AvgIpc) is 3.50. The van der Waals surface area contributed by atoms with Crippen molar-refractivity contribution < 1.29 is 22.4 Å². The molecule has 2 fully saturated rings. The predicted molar refractivity (Wildman–Crippen MR) is 113 cm³/mol. The lowest BCUT2D eigenvalue weighted by Gasteiger charge is -2.34. The molecule has 8 nitrogen and oxygen atoms in total. The summed E-state index contributed by atoms with van der Waals surface area (Å²) in [6.07, 6.45) is 3.88. The van der Waals surface area contributed by atoms with Crippen LogP contribution in [0.3, 0.4) is 0 Å². The number of sulfonamides is 1. The van der Waals surface area contributed by atoms with E-state index in [0.717, 1.165) is 0 Å². The minimum Gasteiger partial charge on any atom is -0.467 e. The molecule has 0 spiro atoms. The second kappa shape index (κ2) is 9.23. The van der Waals surface area contributed by atoms with Crippen LogP contribution in [-0.2, 0) is 26.2 Å². The lowest BCUT2D eigenvalue weighted by atomic mass is 9.95. The van der Waals surface area contributed by atoms with Gasteiger partial charge < -0.3 is 14.6 Å². The summed E-state index contributed by atoms with van der Waals surface area (Å²) in [6, 6.07) is 11.1. The average molecular weight is 446 g/mol. The zero-order valence-electron chi connectivity index (χ0n) is 17.3. The van der Waals surface area contributed by atoms with Gasteiger partial charge in [-0.3, -0.25) is 9.59 Å². The van der Waals surface area contributed by atoms with Gasteiger partial charge in [0.15, 0.2) is 0 Å². The third-order valence-electron chi connectivity index (χ3n) is 6.03. The molecule has 1 aromatic heterocycles. The van der Waals surface area contributed by atoms with Crippen LogP contribution >= 0.6 is 0 Å². The summed E-state index contributed by atoms with van der Waals surface area (Å²) in [5, 5.41) is 2.88. The van der Waals surface area contributed by atoms with Gasteiger partial charge in [0.1, 0.15) is 11.8 Å². The molecule has 1 aromatic carbocycles. The van der Waals surface area contributed by atoms with Crippen molar-refractivity contribution in [3.63, 3.8) is 0 Å². The Kier molecular flexibility index (Phi) is 6.43. The van der Waals surface area contributed by atoms with Gasteiger partial charge in [-0.25, -0.2) is 8.42 Å². The molecule has 0 saturated carbocycles. The molecular formula is C22H27N3O5S. The zero-order valence-corrected chi connectivity index (χ0v) is 18.1. The largest absolute Gasteiger partial charge is 0.467 e. The number of benzene rings is 1. The highest BCUT2D eigenvalue weighted by molar-refractivity contribution is 7.89. The minimum atomic E-state index is -3.71. The summed E-state index contributed by atoms with van der Waals surface area (Å²) in [5.41, 5.74) is 0. The van der Waals surface area contributed by atoms with Crippen LogP contribution in [0.1, 0.15) is 31.4 Å². The maximum Gasteiger partial charge on any atom is 0.243 e. The highest BCUT2D eigenvalue weighted by Crippen LogP contribution is 2.28. The quantitative estimate of drug-likeness (QED) is 0.733. The maximum absolute atomic E-state index is 13.2. The highest BCUT2D eigenvalue weighted by Gasteiger charge is 2.42. The summed E-state index contributed by atoms with van der Waals surface area (Å²) in [7, 11) is -3.71. The van der Waals surface area contributed by atoms with Gasteiger partial charge in [-0.1, -0.05) is 18.2 Å². The maximum atomic E-state index is 13.2. The van der Waals surface area contributed by atoms with Gasteiger partial charge in [0.05, 0.1) is 17.7 Å². The summed E-state index contributed by atoms with van der Waals surface area (Å²) in [5.74, 6) is 0.331.